The molecule has 0 fully saturated rings. The van der Waals surface area contributed by atoms with Gasteiger partial charge in [0.05, 0.1) is 4.88 Å². The molecule has 0 amide bonds. The zero-order valence-corrected chi connectivity index (χ0v) is 7.86. The first-order valence-corrected chi connectivity index (χ1v) is 4.70. The van der Waals surface area contributed by atoms with Gasteiger partial charge in [-0.05, 0) is 29.5 Å². The molecule has 0 N–H and O–H groups in total. The summed E-state index contributed by atoms with van der Waals surface area (Å²) in [7, 11) is 0. The Balaban J connectivity index is 2.58. The van der Waals surface area contributed by atoms with Crippen molar-refractivity contribution in [1.29, 1.82) is 5.26 Å². The number of halogens is 1. The summed E-state index contributed by atoms with van der Waals surface area (Å²) in [6.07, 6.45) is 0. The molecule has 0 aliphatic heterocycles. The lowest BCUT2D eigenvalue weighted by molar-refractivity contribution is 0.630. The number of fused-ring (bicyclic) bond motifs is 1. The van der Waals surface area contributed by atoms with Gasteiger partial charge >= 0.3 is 0 Å². The van der Waals surface area contributed by atoms with Gasteiger partial charge in [0.15, 0.2) is 6.07 Å². The Morgan fingerprint density at radius 3 is 2.93 bits per heavy atom. The van der Waals surface area contributed by atoms with Gasteiger partial charge < -0.3 is 0 Å². The minimum Gasteiger partial charge on any atom is -0.207 e. The van der Waals surface area contributed by atoms with Gasteiger partial charge in [-0.3, -0.25) is 0 Å². The second-order valence-electron chi connectivity index (χ2n) is 2.65. The number of hydrogen-bond donors (Lipinski definition) is 0. The van der Waals surface area contributed by atoms with Crippen LogP contribution in [0.4, 0.5) is 4.39 Å². The highest BCUT2D eigenvalue weighted by Gasteiger charge is 2.00. The van der Waals surface area contributed by atoms with Gasteiger partial charge in [0.2, 0.25) is 0 Å². The maximum Gasteiger partial charge on any atom is 0.152 e. The van der Waals surface area contributed by atoms with Crippen LogP contribution in [0.25, 0.3) is 10.1 Å². The van der Waals surface area contributed by atoms with E-state index in [1.54, 1.807) is 12.1 Å². The first kappa shape index (κ1) is 8.74. The zero-order chi connectivity index (χ0) is 9.97. The molecule has 1 heterocycles. The van der Waals surface area contributed by atoms with E-state index in [1.807, 2.05) is 6.07 Å². The quantitative estimate of drug-likeness (QED) is 0.601. The second kappa shape index (κ2) is 3.49. The van der Waals surface area contributed by atoms with Crippen LogP contribution in [0.3, 0.4) is 0 Å². The van der Waals surface area contributed by atoms with Crippen molar-refractivity contribution >= 4 is 21.4 Å². The Bertz CT molecular complexity index is 581. The van der Waals surface area contributed by atoms with Crippen molar-refractivity contribution in [3.05, 3.63) is 35.0 Å². The lowest BCUT2D eigenvalue weighted by Gasteiger charge is -1.86. The maximum atomic E-state index is 12.8. The van der Waals surface area contributed by atoms with Crippen LogP contribution in [0.1, 0.15) is 4.88 Å². The molecule has 0 saturated carbocycles. The Morgan fingerprint density at radius 2 is 2.14 bits per heavy atom. The van der Waals surface area contributed by atoms with Crippen molar-refractivity contribution in [2.45, 2.75) is 0 Å². The average Bonchev–Trinajstić information content (AvgIpc) is 2.56. The largest absolute Gasteiger partial charge is 0.207 e. The van der Waals surface area contributed by atoms with E-state index in [-0.39, 0.29) is 5.82 Å². The van der Waals surface area contributed by atoms with Crippen LogP contribution < -0.4 is 0 Å². The van der Waals surface area contributed by atoms with Gasteiger partial charge in [0.1, 0.15) is 5.82 Å². The standard InChI is InChI=1S/C11H4FNS/c12-9-4-3-8-6-10(2-1-5-13)14-11(8)7-9/h3-4,6-7H. The van der Waals surface area contributed by atoms with Crippen molar-refractivity contribution in [3.8, 4) is 17.9 Å². The van der Waals surface area contributed by atoms with E-state index < -0.39 is 0 Å². The molecule has 66 valence electrons. The molecule has 1 aromatic carbocycles. The Labute approximate surface area is 84.4 Å². The summed E-state index contributed by atoms with van der Waals surface area (Å²) in [6.45, 7) is 0. The Kier molecular flexibility index (Phi) is 2.18. The number of hydrogen-bond acceptors (Lipinski definition) is 2. The minimum absolute atomic E-state index is 0.251. The molecule has 2 rings (SSSR count). The molecule has 14 heavy (non-hydrogen) atoms. The fourth-order valence-corrected chi connectivity index (χ4v) is 2.10. The van der Waals surface area contributed by atoms with E-state index in [2.05, 4.69) is 11.8 Å². The molecule has 0 atom stereocenters. The summed E-state index contributed by atoms with van der Waals surface area (Å²) in [4.78, 5) is 0.784. The average molecular weight is 201 g/mol. The smallest absolute Gasteiger partial charge is 0.152 e. The highest BCUT2D eigenvalue weighted by molar-refractivity contribution is 7.19. The van der Waals surface area contributed by atoms with E-state index in [9.17, 15) is 4.39 Å². The third kappa shape index (κ3) is 1.59. The molecule has 0 saturated heterocycles. The Hall–Kier alpha value is -1.84. The van der Waals surface area contributed by atoms with E-state index in [4.69, 9.17) is 5.26 Å². The molecule has 1 nitrogen and oxygen atoms in total. The van der Waals surface area contributed by atoms with E-state index in [0.717, 1.165) is 15.0 Å². The molecule has 0 bridgehead atoms. The molecule has 0 unspecified atom stereocenters. The lowest BCUT2D eigenvalue weighted by atomic mass is 10.2. The van der Waals surface area contributed by atoms with Crippen LogP contribution in [0, 0.1) is 29.0 Å². The number of benzene rings is 1. The molecular formula is C11H4FNS. The molecule has 3 heteroatoms. The second-order valence-corrected chi connectivity index (χ2v) is 3.74. The zero-order valence-electron chi connectivity index (χ0n) is 7.04. The van der Waals surface area contributed by atoms with Crippen LogP contribution >= 0.6 is 11.3 Å². The van der Waals surface area contributed by atoms with Crippen LogP contribution in [0.15, 0.2) is 24.3 Å². The van der Waals surface area contributed by atoms with Crippen LogP contribution in [0.2, 0.25) is 0 Å². The first-order valence-electron chi connectivity index (χ1n) is 3.89. The van der Waals surface area contributed by atoms with E-state index in [0.29, 0.717) is 0 Å². The minimum atomic E-state index is -0.251. The van der Waals surface area contributed by atoms with E-state index in [1.165, 1.54) is 23.5 Å². The fraction of sp³-hybridized carbons (Fsp3) is 0. The fourth-order valence-electron chi connectivity index (χ4n) is 1.16. The van der Waals surface area contributed by atoms with E-state index >= 15 is 0 Å². The van der Waals surface area contributed by atoms with Crippen molar-refractivity contribution in [1.82, 2.24) is 0 Å². The summed E-state index contributed by atoms with van der Waals surface area (Å²) in [5.74, 6) is 4.75. The number of nitriles is 1. The maximum absolute atomic E-state index is 12.8. The van der Waals surface area contributed by atoms with Crippen molar-refractivity contribution < 1.29 is 4.39 Å². The van der Waals surface area contributed by atoms with Crippen molar-refractivity contribution in [2.24, 2.45) is 0 Å². The van der Waals surface area contributed by atoms with Gasteiger partial charge in [-0.1, -0.05) is 6.07 Å². The summed E-state index contributed by atoms with van der Waals surface area (Å²) < 4.78 is 13.7. The predicted molar refractivity (Wildman–Crippen MR) is 54.3 cm³/mol. The molecule has 0 aliphatic rings. The van der Waals surface area contributed by atoms with Crippen molar-refractivity contribution in [3.63, 3.8) is 0 Å². The van der Waals surface area contributed by atoms with Crippen molar-refractivity contribution in [2.75, 3.05) is 0 Å². The molecule has 0 radical (unpaired) electrons. The topological polar surface area (TPSA) is 23.8 Å². The summed E-state index contributed by atoms with van der Waals surface area (Å²) >= 11 is 1.39. The first-order chi connectivity index (χ1) is 6.79. The molecular weight excluding hydrogens is 197 g/mol. The van der Waals surface area contributed by atoms with Gasteiger partial charge in [0.25, 0.3) is 0 Å². The third-order valence-corrected chi connectivity index (χ3v) is 2.74. The van der Waals surface area contributed by atoms with Crippen LogP contribution in [-0.4, -0.2) is 0 Å². The number of nitrogens with zero attached hydrogens (tertiary/aromatic N) is 1. The Morgan fingerprint density at radius 1 is 1.29 bits per heavy atom. The summed E-state index contributed by atoms with van der Waals surface area (Å²) in [5, 5.41) is 9.22. The number of rotatable bonds is 0. The van der Waals surface area contributed by atoms with Crippen LogP contribution in [0.5, 0.6) is 0 Å². The summed E-state index contributed by atoms with van der Waals surface area (Å²) in [6, 6.07) is 8.18. The van der Waals surface area contributed by atoms with Gasteiger partial charge in [0, 0.05) is 10.6 Å². The van der Waals surface area contributed by atoms with Gasteiger partial charge in [-0.15, -0.1) is 11.3 Å². The highest BCUT2D eigenvalue weighted by atomic mass is 32.1. The monoisotopic (exact) mass is 201 g/mol. The predicted octanol–water partition coefficient (Wildman–Crippen LogP) is 2.92. The number of thiophene rings is 1. The molecule has 0 aliphatic carbocycles. The lowest BCUT2D eigenvalue weighted by Crippen LogP contribution is -1.68. The van der Waals surface area contributed by atoms with Gasteiger partial charge in [-0.2, -0.15) is 5.26 Å². The SMILES string of the molecule is N#CC#Cc1cc2ccc(F)cc2s1. The summed E-state index contributed by atoms with van der Waals surface area (Å²) in [5.41, 5.74) is 0. The molecule has 0 spiro atoms. The highest BCUT2D eigenvalue weighted by Crippen LogP contribution is 2.25. The van der Waals surface area contributed by atoms with Gasteiger partial charge in [-0.25, -0.2) is 4.39 Å². The third-order valence-electron chi connectivity index (χ3n) is 1.72. The molecule has 1 aromatic heterocycles. The normalized spacial score (nSPS) is 9.14. The molecule has 2 aromatic rings. The van der Waals surface area contributed by atoms with Crippen LogP contribution in [-0.2, 0) is 0 Å².